The number of H-pyrrole nitrogens is 1. The Morgan fingerprint density at radius 1 is 1.03 bits per heavy atom. The zero-order valence-electron chi connectivity index (χ0n) is 17.6. The molecule has 156 valence electrons. The van der Waals surface area contributed by atoms with Crippen LogP contribution >= 0.6 is 12.2 Å². The third-order valence-electron chi connectivity index (χ3n) is 5.12. The summed E-state index contributed by atoms with van der Waals surface area (Å²) in [4.78, 5) is 21.9. The lowest BCUT2D eigenvalue weighted by Gasteiger charge is -2.26. The molecule has 2 aromatic heterocycles. The van der Waals surface area contributed by atoms with Crippen LogP contribution in [0.2, 0.25) is 0 Å². The van der Waals surface area contributed by atoms with Crippen molar-refractivity contribution in [2.24, 2.45) is 0 Å². The normalized spacial score (nSPS) is 10.8. The first-order chi connectivity index (χ1) is 15.0. The summed E-state index contributed by atoms with van der Waals surface area (Å²) in [6.45, 7) is 5.01. The SMILES string of the molecule is Cc1ccc(NC(=S)N(Cc2cccnc2)Cc2cc3cc(C)ccc3[nH]c2=O)cc1. The highest BCUT2D eigenvalue weighted by molar-refractivity contribution is 7.80. The number of aromatic amines is 1. The number of anilines is 1. The van der Waals surface area contributed by atoms with Crippen LogP contribution in [-0.4, -0.2) is 20.0 Å². The zero-order chi connectivity index (χ0) is 21.8. The number of rotatable bonds is 5. The van der Waals surface area contributed by atoms with E-state index < -0.39 is 0 Å². The van der Waals surface area contributed by atoms with Crippen molar-refractivity contribution >= 4 is 33.9 Å². The van der Waals surface area contributed by atoms with Crippen molar-refractivity contribution in [1.29, 1.82) is 0 Å². The lowest BCUT2D eigenvalue weighted by Crippen LogP contribution is -2.35. The second kappa shape index (κ2) is 9.10. The summed E-state index contributed by atoms with van der Waals surface area (Å²) in [5, 5.41) is 4.86. The zero-order valence-corrected chi connectivity index (χ0v) is 18.4. The summed E-state index contributed by atoms with van der Waals surface area (Å²) in [5.74, 6) is 0. The largest absolute Gasteiger partial charge is 0.340 e. The van der Waals surface area contributed by atoms with Gasteiger partial charge in [0.1, 0.15) is 0 Å². The Morgan fingerprint density at radius 2 is 1.81 bits per heavy atom. The second-order valence-corrected chi connectivity index (χ2v) is 8.11. The Hall–Kier alpha value is -3.51. The molecule has 0 radical (unpaired) electrons. The first-order valence-corrected chi connectivity index (χ1v) is 10.5. The van der Waals surface area contributed by atoms with E-state index in [4.69, 9.17) is 12.2 Å². The number of hydrogen-bond donors (Lipinski definition) is 2. The molecule has 5 nitrogen and oxygen atoms in total. The molecule has 2 aromatic carbocycles. The van der Waals surface area contributed by atoms with Crippen molar-refractivity contribution in [1.82, 2.24) is 14.9 Å². The molecule has 6 heteroatoms. The van der Waals surface area contributed by atoms with Gasteiger partial charge in [-0.3, -0.25) is 9.78 Å². The Kier molecular flexibility index (Phi) is 6.09. The molecule has 0 atom stereocenters. The third-order valence-corrected chi connectivity index (χ3v) is 5.48. The molecule has 0 aliphatic heterocycles. The first-order valence-electron chi connectivity index (χ1n) is 10.1. The van der Waals surface area contributed by atoms with Gasteiger partial charge in [-0.05, 0) is 73.4 Å². The molecule has 31 heavy (non-hydrogen) atoms. The van der Waals surface area contributed by atoms with Crippen LogP contribution in [0.5, 0.6) is 0 Å². The maximum Gasteiger partial charge on any atom is 0.253 e. The van der Waals surface area contributed by atoms with Crippen LogP contribution in [0.15, 0.2) is 77.9 Å². The fourth-order valence-electron chi connectivity index (χ4n) is 3.45. The molecular weight excluding hydrogens is 404 g/mol. The van der Waals surface area contributed by atoms with E-state index >= 15 is 0 Å². The highest BCUT2D eigenvalue weighted by atomic mass is 32.1. The molecule has 0 saturated heterocycles. The van der Waals surface area contributed by atoms with Crippen molar-refractivity contribution in [3.05, 3.63) is 106 Å². The quantitative estimate of drug-likeness (QED) is 0.441. The number of pyridine rings is 2. The van der Waals surface area contributed by atoms with E-state index in [9.17, 15) is 4.79 Å². The number of nitrogens with zero attached hydrogens (tertiary/aromatic N) is 2. The summed E-state index contributed by atoms with van der Waals surface area (Å²) in [7, 11) is 0. The minimum Gasteiger partial charge on any atom is -0.340 e. The second-order valence-electron chi connectivity index (χ2n) is 7.73. The van der Waals surface area contributed by atoms with E-state index in [-0.39, 0.29) is 5.56 Å². The average molecular weight is 429 g/mol. The van der Waals surface area contributed by atoms with E-state index in [1.54, 1.807) is 6.20 Å². The highest BCUT2D eigenvalue weighted by Crippen LogP contribution is 2.17. The van der Waals surface area contributed by atoms with Gasteiger partial charge in [-0.25, -0.2) is 0 Å². The minimum atomic E-state index is -0.106. The topological polar surface area (TPSA) is 61.0 Å². The van der Waals surface area contributed by atoms with E-state index in [1.165, 1.54) is 5.56 Å². The Balaban J connectivity index is 1.64. The van der Waals surface area contributed by atoms with Crippen LogP contribution in [0.1, 0.15) is 22.3 Å². The molecule has 0 bridgehead atoms. The Morgan fingerprint density at radius 3 is 2.55 bits per heavy atom. The summed E-state index contributed by atoms with van der Waals surface area (Å²) in [6.07, 6.45) is 3.56. The molecule has 0 amide bonds. The van der Waals surface area contributed by atoms with Gasteiger partial charge in [0.15, 0.2) is 5.11 Å². The van der Waals surface area contributed by atoms with Crippen LogP contribution in [-0.2, 0) is 13.1 Å². The number of hydrogen-bond acceptors (Lipinski definition) is 3. The lowest BCUT2D eigenvalue weighted by atomic mass is 10.1. The molecular formula is C25H24N4OS. The van der Waals surface area contributed by atoms with Gasteiger partial charge in [0, 0.05) is 35.7 Å². The summed E-state index contributed by atoms with van der Waals surface area (Å²) in [6, 6.07) is 19.9. The molecule has 0 saturated carbocycles. The van der Waals surface area contributed by atoms with Gasteiger partial charge in [-0.1, -0.05) is 35.4 Å². The molecule has 2 N–H and O–H groups in total. The average Bonchev–Trinajstić information content (AvgIpc) is 2.76. The molecule has 4 rings (SSSR count). The maximum absolute atomic E-state index is 12.8. The van der Waals surface area contributed by atoms with E-state index in [0.717, 1.165) is 27.7 Å². The van der Waals surface area contributed by atoms with Crippen LogP contribution in [0.4, 0.5) is 5.69 Å². The highest BCUT2D eigenvalue weighted by Gasteiger charge is 2.15. The van der Waals surface area contributed by atoms with Gasteiger partial charge in [0.05, 0.1) is 6.54 Å². The number of nitrogens with one attached hydrogen (secondary N) is 2. The molecule has 0 spiro atoms. The molecule has 4 aromatic rings. The van der Waals surface area contributed by atoms with Crippen LogP contribution < -0.4 is 10.9 Å². The van der Waals surface area contributed by atoms with Crippen LogP contribution in [0, 0.1) is 13.8 Å². The molecule has 0 fully saturated rings. The minimum absolute atomic E-state index is 0.106. The van der Waals surface area contributed by atoms with E-state index in [0.29, 0.717) is 23.8 Å². The van der Waals surface area contributed by atoms with Crippen molar-refractivity contribution in [3.63, 3.8) is 0 Å². The Labute approximate surface area is 186 Å². The summed E-state index contributed by atoms with van der Waals surface area (Å²) in [5.41, 5.74) is 5.65. The van der Waals surface area contributed by atoms with Crippen LogP contribution in [0.3, 0.4) is 0 Å². The van der Waals surface area contributed by atoms with Crippen molar-refractivity contribution in [2.75, 3.05) is 5.32 Å². The number of fused-ring (bicyclic) bond motifs is 1. The first kappa shape index (κ1) is 20.8. The fourth-order valence-corrected chi connectivity index (χ4v) is 3.69. The van der Waals surface area contributed by atoms with Gasteiger partial charge >= 0.3 is 0 Å². The van der Waals surface area contributed by atoms with Gasteiger partial charge < -0.3 is 15.2 Å². The van der Waals surface area contributed by atoms with Gasteiger partial charge in [-0.2, -0.15) is 0 Å². The third kappa shape index (κ3) is 5.16. The summed E-state index contributed by atoms with van der Waals surface area (Å²) < 4.78 is 0. The van der Waals surface area contributed by atoms with Gasteiger partial charge in [0.25, 0.3) is 5.56 Å². The lowest BCUT2D eigenvalue weighted by molar-refractivity contribution is 0.410. The van der Waals surface area contributed by atoms with E-state index in [1.807, 2.05) is 79.5 Å². The maximum atomic E-state index is 12.8. The van der Waals surface area contributed by atoms with Gasteiger partial charge in [-0.15, -0.1) is 0 Å². The predicted molar refractivity (Wildman–Crippen MR) is 130 cm³/mol. The van der Waals surface area contributed by atoms with Crippen molar-refractivity contribution in [2.45, 2.75) is 26.9 Å². The molecule has 0 unspecified atom stereocenters. The van der Waals surface area contributed by atoms with Crippen molar-refractivity contribution < 1.29 is 0 Å². The molecule has 0 aliphatic carbocycles. The van der Waals surface area contributed by atoms with E-state index in [2.05, 4.69) is 21.4 Å². The monoisotopic (exact) mass is 428 g/mol. The fraction of sp³-hybridized carbons (Fsp3) is 0.160. The standard InChI is InChI=1S/C25H24N4OS/c1-17-5-8-22(9-6-17)27-25(31)29(15-19-4-3-11-26-14-19)16-21-13-20-12-18(2)7-10-23(20)28-24(21)30/h3-14H,15-16H2,1-2H3,(H,27,31)(H,28,30). The Bertz CT molecular complexity index is 1270. The number of thiocarbonyl (C=S) groups is 1. The number of benzene rings is 2. The van der Waals surface area contributed by atoms with Crippen molar-refractivity contribution in [3.8, 4) is 0 Å². The molecule has 2 heterocycles. The smallest absolute Gasteiger partial charge is 0.253 e. The predicted octanol–water partition coefficient (Wildman–Crippen LogP) is 4.94. The van der Waals surface area contributed by atoms with Gasteiger partial charge in [0.2, 0.25) is 0 Å². The number of aryl methyl sites for hydroxylation is 2. The molecule has 0 aliphatic rings. The summed E-state index contributed by atoms with van der Waals surface area (Å²) >= 11 is 5.73. The number of aromatic nitrogens is 2. The van der Waals surface area contributed by atoms with Crippen LogP contribution in [0.25, 0.3) is 10.9 Å².